The van der Waals surface area contributed by atoms with Crippen LogP contribution < -0.4 is 11.3 Å². The summed E-state index contributed by atoms with van der Waals surface area (Å²) in [5.74, 6) is 4.50. The minimum Gasteiger partial charge on any atom is -0.290 e. The van der Waals surface area contributed by atoms with E-state index in [1.807, 2.05) is 26.0 Å². The molecule has 0 heterocycles. The van der Waals surface area contributed by atoms with Crippen LogP contribution in [0.1, 0.15) is 37.4 Å². The Hall–Kier alpha value is -2.46. The van der Waals surface area contributed by atoms with Gasteiger partial charge in [-0.1, -0.05) is 42.0 Å². The van der Waals surface area contributed by atoms with Crippen molar-refractivity contribution in [3.05, 3.63) is 70.3 Å². The van der Waals surface area contributed by atoms with Crippen LogP contribution in [0, 0.1) is 13.8 Å². The van der Waals surface area contributed by atoms with Gasteiger partial charge in [-0.05, 0) is 25.5 Å². The number of aryl methyl sites for hydroxylation is 2. The van der Waals surface area contributed by atoms with Gasteiger partial charge in [-0.15, -0.1) is 0 Å². The molecule has 0 saturated heterocycles. The highest BCUT2D eigenvalue weighted by molar-refractivity contribution is 6.15. The number of carbonyl (C=O) groups excluding carboxylic acids is 2. The zero-order valence-electron chi connectivity index (χ0n) is 11.4. The third-order valence-corrected chi connectivity index (χ3v) is 3.17. The fraction of sp³-hybridized carbons (Fsp3) is 0.125. The first-order valence-electron chi connectivity index (χ1n) is 6.26. The first kappa shape index (κ1) is 14.0. The molecule has 0 bridgehead atoms. The fourth-order valence-electron chi connectivity index (χ4n) is 2.17. The van der Waals surface area contributed by atoms with Crippen molar-refractivity contribution in [3.8, 4) is 0 Å². The molecule has 0 aliphatic heterocycles. The average molecular weight is 268 g/mol. The maximum atomic E-state index is 12.6. The second kappa shape index (κ2) is 5.67. The monoisotopic (exact) mass is 268 g/mol. The number of nitrogen functional groups attached to an aromatic ring is 1. The van der Waals surface area contributed by atoms with Gasteiger partial charge in [-0.2, -0.15) is 0 Å². The van der Waals surface area contributed by atoms with Crippen molar-refractivity contribution in [2.24, 2.45) is 5.84 Å². The van der Waals surface area contributed by atoms with Crippen LogP contribution in [0.5, 0.6) is 0 Å². The van der Waals surface area contributed by atoms with Crippen molar-refractivity contribution < 1.29 is 9.59 Å². The molecule has 0 unspecified atom stereocenters. The van der Waals surface area contributed by atoms with Crippen LogP contribution in [-0.2, 0) is 0 Å². The van der Waals surface area contributed by atoms with E-state index in [4.69, 9.17) is 5.84 Å². The molecule has 0 aromatic heterocycles. The number of carbonyl (C=O) groups is 2. The highest BCUT2D eigenvalue weighted by Gasteiger charge is 2.18. The van der Waals surface area contributed by atoms with Crippen LogP contribution in [-0.4, -0.2) is 11.7 Å². The molecular formula is C16H16N2O2. The first-order valence-corrected chi connectivity index (χ1v) is 6.26. The lowest BCUT2D eigenvalue weighted by molar-refractivity contribution is 0.0942. The third-order valence-electron chi connectivity index (χ3n) is 3.17. The van der Waals surface area contributed by atoms with Crippen molar-refractivity contribution in [3.63, 3.8) is 0 Å². The van der Waals surface area contributed by atoms with Gasteiger partial charge in [0.1, 0.15) is 0 Å². The predicted octanol–water partition coefficient (Wildman–Crippen LogP) is 2.14. The van der Waals surface area contributed by atoms with Crippen molar-refractivity contribution in [2.45, 2.75) is 13.8 Å². The Bertz CT molecular complexity index is 678. The molecule has 102 valence electrons. The highest BCUT2D eigenvalue weighted by Crippen LogP contribution is 2.18. The van der Waals surface area contributed by atoms with Crippen LogP contribution in [0.15, 0.2) is 42.5 Å². The first-order chi connectivity index (χ1) is 9.54. The lowest BCUT2D eigenvalue weighted by Crippen LogP contribution is -2.31. The fourth-order valence-corrected chi connectivity index (χ4v) is 2.17. The number of benzene rings is 2. The van der Waals surface area contributed by atoms with E-state index in [0.29, 0.717) is 11.1 Å². The van der Waals surface area contributed by atoms with E-state index < -0.39 is 5.91 Å². The number of hydrogen-bond donors (Lipinski definition) is 2. The summed E-state index contributed by atoms with van der Waals surface area (Å²) in [4.78, 5) is 24.3. The van der Waals surface area contributed by atoms with E-state index in [-0.39, 0.29) is 11.3 Å². The van der Waals surface area contributed by atoms with Gasteiger partial charge >= 0.3 is 0 Å². The van der Waals surface area contributed by atoms with Crippen molar-refractivity contribution >= 4 is 11.7 Å². The van der Waals surface area contributed by atoms with Gasteiger partial charge in [0.15, 0.2) is 5.78 Å². The molecule has 0 fully saturated rings. The maximum absolute atomic E-state index is 12.6. The summed E-state index contributed by atoms with van der Waals surface area (Å²) < 4.78 is 0. The Balaban J connectivity index is 2.51. The number of amides is 1. The summed E-state index contributed by atoms with van der Waals surface area (Å²) in [6.45, 7) is 3.85. The molecule has 2 aromatic carbocycles. The maximum Gasteiger partial charge on any atom is 0.265 e. The van der Waals surface area contributed by atoms with Crippen LogP contribution in [0.25, 0.3) is 0 Å². The van der Waals surface area contributed by atoms with Crippen LogP contribution >= 0.6 is 0 Å². The zero-order chi connectivity index (χ0) is 14.7. The molecule has 0 saturated carbocycles. The Kier molecular flexibility index (Phi) is 3.96. The quantitative estimate of drug-likeness (QED) is 0.388. The largest absolute Gasteiger partial charge is 0.290 e. The second-order valence-electron chi connectivity index (χ2n) is 4.67. The normalized spacial score (nSPS) is 10.2. The number of nitrogens with two attached hydrogens (primary N) is 1. The molecule has 0 spiro atoms. The SMILES string of the molecule is Cc1ccc(C(=O)c2ccccc2C(=O)NN)c(C)c1. The zero-order valence-corrected chi connectivity index (χ0v) is 11.4. The standard InChI is InChI=1S/C16H16N2O2/c1-10-7-8-12(11(2)9-10)15(19)13-5-3-4-6-14(13)16(20)18-17/h3-9H,17H2,1-2H3,(H,18,20). The molecular weight excluding hydrogens is 252 g/mol. The van der Waals surface area contributed by atoms with Crippen LogP contribution in [0.4, 0.5) is 0 Å². The van der Waals surface area contributed by atoms with Crippen molar-refractivity contribution in [2.75, 3.05) is 0 Å². The van der Waals surface area contributed by atoms with Gasteiger partial charge in [-0.3, -0.25) is 15.0 Å². The van der Waals surface area contributed by atoms with Gasteiger partial charge in [-0.25, -0.2) is 5.84 Å². The van der Waals surface area contributed by atoms with Gasteiger partial charge in [0.2, 0.25) is 0 Å². The van der Waals surface area contributed by atoms with Crippen LogP contribution in [0.3, 0.4) is 0 Å². The molecule has 2 aromatic rings. The Morgan fingerprint density at radius 2 is 1.60 bits per heavy atom. The molecule has 0 atom stereocenters. The van der Waals surface area contributed by atoms with E-state index in [2.05, 4.69) is 5.43 Å². The number of nitrogens with one attached hydrogen (secondary N) is 1. The molecule has 2 rings (SSSR count). The number of hydrazine groups is 1. The summed E-state index contributed by atoms with van der Waals surface area (Å²) in [7, 11) is 0. The van der Waals surface area contributed by atoms with Gasteiger partial charge in [0, 0.05) is 11.1 Å². The Labute approximate surface area is 117 Å². The summed E-state index contributed by atoms with van der Waals surface area (Å²) >= 11 is 0. The predicted molar refractivity (Wildman–Crippen MR) is 77.4 cm³/mol. The summed E-state index contributed by atoms with van der Waals surface area (Å²) in [5.41, 5.74) is 5.26. The lowest BCUT2D eigenvalue weighted by Gasteiger charge is -2.09. The molecule has 1 amide bonds. The Morgan fingerprint density at radius 1 is 0.950 bits per heavy atom. The highest BCUT2D eigenvalue weighted by atomic mass is 16.2. The summed E-state index contributed by atoms with van der Waals surface area (Å²) in [6, 6.07) is 12.2. The van der Waals surface area contributed by atoms with Crippen LogP contribution in [0.2, 0.25) is 0 Å². The van der Waals surface area contributed by atoms with E-state index in [9.17, 15) is 9.59 Å². The molecule has 0 radical (unpaired) electrons. The second-order valence-corrected chi connectivity index (χ2v) is 4.67. The number of rotatable bonds is 3. The van der Waals surface area contributed by atoms with Gasteiger partial charge in [0.25, 0.3) is 5.91 Å². The van der Waals surface area contributed by atoms with Gasteiger partial charge < -0.3 is 0 Å². The molecule has 4 heteroatoms. The molecule has 3 N–H and O–H groups in total. The third kappa shape index (κ3) is 2.60. The Morgan fingerprint density at radius 3 is 2.20 bits per heavy atom. The van der Waals surface area contributed by atoms with Gasteiger partial charge in [0.05, 0.1) is 5.56 Å². The van der Waals surface area contributed by atoms with Crippen molar-refractivity contribution in [1.29, 1.82) is 0 Å². The minimum absolute atomic E-state index is 0.179. The molecule has 20 heavy (non-hydrogen) atoms. The summed E-state index contributed by atoms with van der Waals surface area (Å²) in [6.07, 6.45) is 0. The molecule has 4 nitrogen and oxygen atoms in total. The van der Waals surface area contributed by atoms with E-state index in [1.54, 1.807) is 30.3 Å². The number of ketones is 1. The number of hydrogen-bond acceptors (Lipinski definition) is 3. The molecule has 0 aliphatic carbocycles. The van der Waals surface area contributed by atoms with E-state index in [1.165, 1.54) is 0 Å². The topological polar surface area (TPSA) is 72.2 Å². The molecule has 0 aliphatic rings. The minimum atomic E-state index is -0.473. The van der Waals surface area contributed by atoms with Crippen molar-refractivity contribution in [1.82, 2.24) is 5.43 Å². The summed E-state index contributed by atoms with van der Waals surface area (Å²) in [5, 5.41) is 0. The van der Waals surface area contributed by atoms with E-state index in [0.717, 1.165) is 11.1 Å². The smallest absolute Gasteiger partial charge is 0.265 e. The lowest BCUT2D eigenvalue weighted by atomic mass is 9.94. The average Bonchev–Trinajstić information content (AvgIpc) is 2.46. The van der Waals surface area contributed by atoms with E-state index >= 15 is 0 Å².